The van der Waals surface area contributed by atoms with Crippen LogP contribution in [-0.2, 0) is 13.0 Å². The highest BCUT2D eigenvalue weighted by atomic mass is 16.5. The minimum absolute atomic E-state index is 0.209. The Morgan fingerprint density at radius 3 is 2.42 bits per heavy atom. The number of benzene rings is 2. The van der Waals surface area contributed by atoms with Crippen molar-refractivity contribution >= 4 is 0 Å². The van der Waals surface area contributed by atoms with E-state index in [1.165, 1.54) is 16.7 Å². The maximum atomic E-state index is 10.2. The van der Waals surface area contributed by atoms with Gasteiger partial charge in [0.25, 0.3) is 0 Å². The van der Waals surface area contributed by atoms with Crippen molar-refractivity contribution in [1.82, 2.24) is 4.90 Å². The molecule has 2 aromatic carbocycles. The van der Waals surface area contributed by atoms with Gasteiger partial charge in [-0.1, -0.05) is 13.0 Å². The Balaban J connectivity index is 1.83. The van der Waals surface area contributed by atoms with Crippen molar-refractivity contribution in [3.8, 4) is 23.0 Å². The first kappa shape index (κ1) is 17.0. The number of rotatable bonds is 3. The first-order chi connectivity index (χ1) is 12.6. The normalized spacial score (nSPS) is 21.4. The van der Waals surface area contributed by atoms with Crippen LogP contribution in [0.4, 0.5) is 0 Å². The Morgan fingerprint density at radius 2 is 1.73 bits per heavy atom. The average molecular weight is 355 g/mol. The molecule has 2 heterocycles. The third kappa shape index (κ3) is 2.42. The highest BCUT2D eigenvalue weighted by Gasteiger charge is 2.39. The summed E-state index contributed by atoms with van der Waals surface area (Å²) in [5.41, 5.74) is 4.97. The second-order valence-electron chi connectivity index (χ2n) is 7.05. The minimum Gasteiger partial charge on any atom is -0.504 e. The summed E-state index contributed by atoms with van der Waals surface area (Å²) >= 11 is 0. The number of nitrogens with zero attached hydrogens (tertiary/aromatic N) is 1. The van der Waals surface area contributed by atoms with Gasteiger partial charge in [-0.25, -0.2) is 0 Å². The predicted octanol–water partition coefficient (Wildman–Crippen LogP) is 3.63. The molecular weight excluding hydrogens is 330 g/mol. The van der Waals surface area contributed by atoms with Crippen molar-refractivity contribution in [1.29, 1.82) is 0 Å². The van der Waals surface area contributed by atoms with Crippen LogP contribution in [-0.4, -0.2) is 37.9 Å². The number of ether oxygens (including phenoxy) is 3. The number of fused-ring (bicyclic) bond motifs is 4. The number of methoxy groups -OCH3 is 3. The molecule has 2 aliphatic heterocycles. The zero-order valence-electron chi connectivity index (χ0n) is 15.7. The van der Waals surface area contributed by atoms with E-state index in [4.69, 9.17) is 14.2 Å². The molecule has 1 N–H and O–H groups in total. The zero-order chi connectivity index (χ0) is 18.4. The van der Waals surface area contributed by atoms with Crippen LogP contribution in [0.5, 0.6) is 23.0 Å². The molecule has 26 heavy (non-hydrogen) atoms. The molecule has 0 aliphatic carbocycles. The van der Waals surface area contributed by atoms with Crippen molar-refractivity contribution < 1.29 is 19.3 Å². The van der Waals surface area contributed by atoms with E-state index in [1.54, 1.807) is 27.4 Å². The third-order valence-electron chi connectivity index (χ3n) is 5.83. The summed E-state index contributed by atoms with van der Waals surface area (Å²) < 4.78 is 16.5. The van der Waals surface area contributed by atoms with Crippen LogP contribution in [0.2, 0.25) is 0 Å². The lowest BCUT2D eigenvalue weighted by Gasteiger charge is -2.45. The fourth-order valence-electron chi connectivity index (χ4n) is 4.61. The van der Waals surface area contributed by atoms with Crippen molar-refractivity contribution in [3.63, 3.8) is 0 Å². The van der Waals surface area contributed by atoms with Gasteiger partial charge < -0.3 is 19.3 Å². The maximum absolute atomic E-state index is 10.2. The minimum atomic E-state index is 0.209. The molecule has 0 saturated carbocycles. The lowest BCUT2D eigenvalue weighted by atomic mass is 9.77. The molecule has 2 atom stereocenters. The number of phenols is 1. The lowest BCUT2D eigenvalue weighted by Crippen LogP contribution is -2.41. The van der Waals surface area contributed by atoms with Crippen LogP contribution in [0.15, 0.2) is 24.3 Å². The molecule has 138 valence electrons. The number of aromatic hydroxyl groups is 1. The molecular formula is C21H25NO4. The summed E-state index contributed by atoms with van der Waals surface area (Å²) in [5.74, 6) is 2.65. The Bertz CT molecular complexity index is 848. The molecule has 4 rings (SSSR count). The second kappa shape index (κ2) is 6.40. The smallest absolute Gasteiger partial charge is 0.165 e. The van der Waals surface area contributed by atoms with Gasteiger partial charge in [0.05, 0.1) is 21.3 Å². The van der Waals surface area contributed by atoms with Crippen LogP contribution in [0.1, 0.15) is 41.1 Å². The molecule has 5 heteroatoms. The van der Waals surface area contributed by atoms with Crippen molar-refractivity contribution in [2.75, 3.05) is 27.9 Å². The van der Waals surface area contributed by atoms with Crippen molar-refractivity contribution in [3.05, 3.63) is 46.5 Å². The van der Waals surface area contributed by atoms with E-state index >= 15 is 0 Å². The van der Waals surface area contributed by atoms with Crippen molar-refractivity contribution in [2.24, 2.45) is 0 Å². The van der Waals surface area contributed by atoms with Gasteiger partial charge in [0.2, 0.25) is 0 Å². The number of hydrogen-bond donors (Lipinski definition) is 1. The zero-order valence-corrected chi connectivity index (χ0v) is 15.7. The highest BCUT2D eigenvalue weighted by Crippen LogP contribution is 2.50. The van der Waals surface area contributed by atoms with E-state index in [0.717, 1.165) is 36.6 Å². The molecule has 0 radical (unpaired) electrons. The topological polar surface area (TPSA) is 51.2 Å². The average Bonchev–Trinajstić information content (AvgIpc) is 2.66. The van der Waals surface area contributed by atoms with E-state index in [2.05, 4.69) is 24.0 Å². The van der Waals surface area contributed by atoms with E-state index in [1.807, 2.05) is 6.07 Å². The molecule has 0 fully saturated rings. The van der Waals surface area contributed by atoms with E-state index in [-0.39, 0.29) is 17.7 Å². The lowest BCUT2D eigenvalue weighted by molar-refractivity contribution is 0.136. The second-order valence-corrected chi connectivity index (χ2v) is 7.05. The molecule has 2 aromatic rings. The molecule has 0 saturated heterocycles. The Kier molecular flexibility index (Phi) is 4.19. The van der Waals surface area contributed by atoms with Gasteiger partial charge >= 0.3 is 0 Å². The van der Waals surface area contributed by atoms with E-state index < -0.39 is 0 Å². The van der Waals surface area contributed by atoms with Gasteiger partial charge in [-0.15, -0.1) is 0 Å². The maximum Gasteiger partial charge on any atom is 0.165 e. The molecule has 0 unspecified atom stereocenters. The first-order valence-corrected chi connectivity index (χ1v) is 8.96. The van der Waals surface area contributed by atoms with Gasteiger partial charge in [-0.05, 0) is 41.3 Å². The highest BCUT2D eigenvalue weighted by molar-refractivity contribution is 5.55. The van der Waals surface area contributed by atoms with Gasteiger partial charge in [-0.2, -0.15) is 0 Å². The SMILES string of the molecule is COc1cc2c(cc1OC)[C@H]1[C@@H](C)c3ccc(O)c(OC)c3CN1CC2. The summed E-state index contributed by atoms with van der Waals surface area (Å²) in [4.78, 5) is 2.48. The number of phenolic OH excluding ortho intramolecular Hbond substituents is 1. The Hall–Kier alpha value is -2.40. The molecule has 0 bridgehead atoms. The summed E-state index contributed by atoms with van der Waals surface area (Å²) in [6.07, 6.45) is 0.968. The molecule has 0 aromatic heterocycles. The quantitative estimate of drug-likeness (QED) is 0.911. The fraction of sp³-hybridized carbons (Fsp3) is 0.429. The van der Waals surface area contributed by atoms with Gasteiger partial charge in [0.15, 0.2) is 23.0 Å². The van der Waals surface area contributed by atoms with Gasteiger partial charge in [0, 0.05) is 30.6 Å². The van der Waals surface area contributed by atoms with Crippen LogP contribution in [0.25, 0.3) is 0 Å². The van der Waals surface area contributed by atoms with Gasteiger partial charge in [0.1, 0.15) is 0 Å². The van der Waals surface area contributed by atoms with Crippen LogP contribution in [0, 0.1) is 0 Å². The summed E-state index contributed by atoms with van der Waals surface area (Å²) in [5, 5.41) is 10.2. The molecule has 2 aliphatic rings. The standard InChI is InChI=1S/C21H25NO4/c1-12-14-5-6-17(23)21(26-4)16(14)11-22-8-7-13-9-18(24-2)19(25-3)10-15(13)20(12)22/h5-6,9-10,12,20,23H,7-8,11H2,1-4H3/t12-,20+/m0/s1. The predicted molar refractivity (Wildman–Crippen MR) is 99.5 cm³/mol. The summed E-state index contributed by atoms with van der Waals surface area (Å²) in [6, 6.07) is 8.29. The molecule has 0 spiro atoms. The van der Waals surface area contributed by atoms with Crippen LogP contribution >= 0.6 is 0 Å². The van der Waals surface area contributed by atoms with Crippen molar-refractivity contribution in [2.45, 2.75) is 31.8 Å². The van der Waals surface area contributed by atoms with E-state index in [0.29, 0.717) is 5.75 Å². The fourth-order valence-corrected chi connectivity index (χ4v) is 4.61. The molecule has 5 nitrogen and oxygen atoms in total. The van der Waals surface area contributed by atoms with E-state index in [9.17, 15) is 5.11 Å². The summed E-state index contributed by atoms with van der Waals surface area (Å²) in [6.45, 7) is 3.99. The third-order valence-corrected chi connectivity index (χ3v) is 5.83. The molecule has 0 amide bonds. The first-order valence-electron chi connectivity index (χ1n) is 8.96. The monoisotopic (exact) mass is 355 g/mol. The number of hydrogen-bond acceptors (Lipinski definition) is 5. The van der Waals surface area contributed by atoms with Gasteiger partial charge in [-0.3, -0.25) is 4.90 Å². The largest absolute Gasteiger partial charge is 0.504 e. The Morgan fingerprint density at radius 1 is 1.00 bits per heavy atom. The van der Waals surface area contributed by atoms with Crippen LogP contribution in [0.3, 0.4) is 0 Å². The Labute approximate surface area is 154 Å². The summed E-state index contributed by atoms with van der Waals surface area (Å²) in [7, 11) is 4.98. The van der Waals surface area contributed by atoms with Crippen LogP contribution < -0.4 is 14.2 Å².